The molecule has 1 atom stereocenters. The van der Waals surface area contributed by atoms with Crippen LogP contribution in [0.3, 0.4) is 0 Å². The Labute approximate surface area is 105 Å². The summed E-state index contributed by atoms with van der Waals surface area (Å²) in [4.78, 5) is 17.3. The summed E-state index contributed by atoms with van der Waals surface area (Å²) in [7, 11) is 0. The summed E-state index contributed by atoms with van der Waals surface area (Å²) in [5.41, 5.74) is 2.20. The lowest BCUT2D eigenvalue weighted by Crippen LogP contribution is -2.39. The number of aromatic amines is 2. The topological polar surface area (TPSA) is 69.8 Å². The van der Waals surface area contributed by atoms with Gasteiger partial charge in [-0.3, -0.25) is 4.90 Å². The van der Waals surface area contributed by atoms with Crippen LogP contribution in [0.5, 0.6) is 0 Å². The van der Waals surface area contributed by atoms with Crippen LogP contribution in [-0.2, 0) is 11.3 Å². The van der Waals surface area contributed by atoms with Crippen LogP contribution in [0.4, 0.5) is 0 Å². The zero-order valence-electron chi connectivity index (χ0n) is 10.4. The predicted octanol–water partition coefficient (Wildman–Crippen LogP) is 1.01. The van der Waals surface area contributed by atoms with E-state index in [1.54, 1.807) is 6.33 Å². The highest BCUT2D eigenvalue weighted by Crippen LogP contribution is 2.23. The largest absolute Gasteiger partial charge is 0.378 e. The SMILES string of the molecule is Cc1cnc([C@@H]2COCCN2Cc2cnc[nH]2)[nH]1. The maximum Gasteiger partial charge on any atom is 0.126 e. The standard InChI is InChI=1S/C12H17N5O/c1-9-4-14-12(16-9)11-7-18-3-2-17(11)6-10-5-13-8-15-10/h4-5,8,11H,2-3,6-7H2,1H3,(H,13,15)(H,14,16)/t11-/m0/s1. The van der Waals surface area contributed by atoms with E-state index in [9.17, 15) is 0 Å². The molecule has 1 aliphatic rings. The van der Waals surface area contributed by atoms with Crippen molar-refractivity contribution in [1.82, 2.24) is 24.8 Å². The van der Waals surface area contributed by atoms with Crippen molar-refractivity contribution < 1.29 is 4.74 Å². The molecule has 1 saturated heterocycles. The minimum absolute atomic E-state index is 0.191. The third-order valence-corrected chi connectivity index (χ3v) is 3.21. The van der Waals surface area contributed by atoms with Crippen molar-refractivity contribution in [3.8, 4) is 0 Å². The average molecular weight is 247 g/mol. The molecule has 3 rings (SSSR count). The summed E-state index contributed by atoms with van der Waals surface area (Å²) in [5.74, 6) is 0.978. The summed E-state index contributed by atoms with van der Waals surface area (Å²) in [5, 5.41) is 0. The predicted molar refractivity (Wildman–Crippen MR) is 65.9 cm³/mol. The van der Waals surface area contributed by atoms with Gasteiger partial charge >= 0.3 is 0 Å². The molecule has 2 N–H and O–H groups in total. The zero-order valence-corrected chi connectivity index (χ0v) is 10.4. The summed E-state index contributed by atoms with van der Waals surface area (Å²) >= 11 is 0. The van der Waals surface area contributed by atoms with Gasteiger partial charge in [0.1, 0.15) is 5.82 Å². The lowest BCUT2D eigenvalue weighted by Gasteiger charge is -2.33. The summed E-state index contributed by atoms with van der Waals surface area (Å²) < 4.78 is 5.57. The van der Waals surface area contributed by atoms with E-state index in [0.29, 0.717) is 6.61 Å². The van der Waals surface area contributed by atoms with E-state index in [2.05, 4.69) is 24.8 Å². The van der Waals surface area contributed by atoms with Gasteiger partial charge in [0.2, 0.25) is 0 Å². The molecule has 2 aromatic rings. The van der Waals surface area contributed by atoms with Crippen molar-refractivity contribution in [2.75, 3.05) is 19.8 Å². The second-order valence-corrected chi connectivity index (χ2v) is 4.59. The van der Waals surface area contributed by atoms with Crippen molar-refractivity contribution in [2.45, 2.75) is 19.5 Å². The highest BCUT2D eigenvalue weighted by molar-refractivity contribution is 5.05. The number of hydrogen-bond donors (Lipinski definition) is 2. The van der Waals surface area contributed by atoms with Crippen molar-refractivity contribution >= 4 is 0 Å². The zero-order chi connectivity index (χ0) is 12.4. The summed E-state index contributed by atoms with van der Waals surface area (Å²) in [6.45, 7) is 5.21. The lowest BCUT2D eigenvalue weighted by molar-refractivity contribution is -0.0161. The molecule has 3 heterocycles. The van der Waals surface area contributed by atoms with Crippen LogP contribution in [0, 0.1) is 6.92 Å². The van der Waals surface area contributed by atoms with Gasteiger partial charge in [0.15, 0.2) is 0 Å². The molecule has 0 saturated carbocycles. The fourth-order valence-corrected chi connectivity index (χ4v) is 2.27. The molecule has 0 bridgehead atoms. The molecule has 0 spiro atoms. The quantitative estimate of drug-likeness (QED) is 0.849. The van der Waals surface area contributed by atoms with Crippen molar-refractivity contribution in [3.05, 3.63) is 35.9 Å². The molecule has 2 aromatic heterocycles. The number of hydrogen-bond acceptors (Lipinski definition) is 4. The highest BCUT2D eigenvalue weighted by Gasteiger charge is 2.27. The van der Waals surface area contributed by atoms with Gasteiger partial charge in [-0.05, 0) is 6.92 Å². The van der Waals surface area contributed by atoms with Crippen molar-refractivity contribution in [3.63, 3.8) is 0 Å². The number of aromatic nitrogens is 4. The van der Waals surface area contributed by atoms with Crippen molar-refractivity contribution in [2.24, 2.45) is 0 Å². The molecule has 18 heavy (non-hydrogen) atoms. The molecule has 0 unspecified atom stereocenters. The van der Waals surface area contributed by atoms with Crippen LogP contribution in [0.15, 0.2) is 18.7 Å². The Morgan fingerprint density at radius 2 is 2.44 bits per heavy atom. The molecular formula is C12H17N5O. The van der Waals surface area contributed by atoms with Crippen molar-refractivity contribution in [1.29, 1.82) is 0 Å². The van der Waals surface area contributed by atoms with Gasteiger partial charge < -0.3 is 14.7 Å². The van der Waals surface area contributed by atoms with E-state index in [0.717, 1.165) is 36.9 Å². The fourth-order valence-electron chi connectivity index (χ4n) is 2.27. The lowest BCUT2D eigenvalue weighted by atomic mass is 10.2. The smallest absolute Gasteiger partial charge is 0.126 e. The molecule has 0 aromatic carbocycles. The molecule has 6 heteroatoms. The first-order valence-electron chi connectivity index (χ1n) is 6.13. The van der Waals surface area contributed by atoms with Crippen LogP contribution < -0.4 is 0 Å². The number of ether oxygens (including phenoxy) is 1. The molecule has 1 aliphatic heterocycles. The molecule has 0 radical (unpaired) electrons. The first-order valence-corrected chi connectivity index (χ1v) is 6.13. The Hall–Kier alpha value is -1.66. The van der Waals surface area contributed by atoms with Gasteiger partial charge in [-0.25, -0.2) is 9.97 Å². The van der Waals surface area contributed by atoms with E-state index < -0.39 is 0 Å². The average Bonchev–Trinajstić information content (AvgIpc) is 3.02. The number of morpholine rings is 1. The minimum atomic E-state index is 0.191. The van der Waals surface area contributed by atoms with Gasteiger partial charge in [0, 0.05) is 36.9 Å². The third kappa shape index (κ3) is 2.30. The molecule has 1 fully saturated rings. The Balaban J connectivity index is 1.77. The maximum absolute atomic E-state index is 5.57. The Kier molecular flexibility index (Phi) is 3.12. The van der Waals surface area contributed by atoms with E-state index in [-0.39, 0.29) is 6.04 Å². The van der Waals surface area contributed by atoms with E-state index in [4.69, 9.17) is 4.74 Å². The first kappa shape index (κ1) is 11.4. The highest BCUT2D eigenvalue weighted by atomic mass is 16.5. The molecular weight excluding hydrogens is 230 g/mol. The summed E-state index contributed by atoms with van der Waals surface area (Å²) in [6.07, 6.45) is 5.43. The normalized spacial score (nSPS) is 21.3. The first-order chi connectivity index (χ1) is 8.83. The number of nitrogens with one attached hydrogen (secondary N) is 2. The van der Waals surface area contributed by atoms with Crippen LogP contribution >= 0.6 is 0 Å². The number of nitrogens with zero attached hydrogens (tertiary/aromatic N) is 3. The molecule has 96 valence electrons. The van der Waals surface area contributed by atoms with Gasteiger partial charge in [0.05, 0.1) is 25.6 Å². The van der Waals surface area contributed by atoms with Gasteiger partial charge in [-0.1, -0.05) is 0 Å². The second-order valence-electron chi connectivity index (χ2n) is 4.59. The van der Waals surface area contributed by atoms with Gasteiger partial charge in [-0.2, -0.15) is 0 Å². The summed E-state index contributed by atoms with van der Waals surface area (Å²) in [6, 6.07) is 0.191. The van der Waals surface area contributed by atoms with Crippen LogP contribution in [0.2, 0.25) is 0 Å². The number of imidazole rings is 2. The van der Waals surface area contributed by atoms with Gasteiger partial charge in [-0.15, -0.1) is 0 Å². The molecule has 6 nitrogen and oxygen atoms in total. The Morgan fingerprint density at radius 1 is 1.50 bits per heavy atom. The third-order valence-electron chi connectivity index (χ3n) is 3.21. The van der Waals surface area contributed by atoms with Gasteiger partial charge in [0.25, 0.3) is 0 Å². The number of aryl methyl sites for hydroxylation is 1. The van der Waals surface area contributed by atoms with Crippen LogP contribution in [0.25, 0.3) is 0 Å². The van der Waals surface area contributed by atoms with E-state index in [1.165, 1.54) is 0 Å². The van der Waals surface area contributed by atoms with Crippen LogP contribution in [0.1, 0.15) is 23.3 Å². The monoisotopic (exact) mass is 247 g/mol. The maximum atomic E-state index is 5.57. The molecule has 0 amide bonds. The van der Waals surface area contributed by atoms with E-state index >= 15 is 0 Å². The van der Waals surface area contributed by atoms with E-state index in [1.807, 2.05) is 19.3 Å². The van der Waals surface area contributed by atoms with Crippen LogP contribution in [-0.4, -0.2) is 44.6 Å². The fraction of sp³-hybridized carbons (Fsp3) is 0.500. The second kappa shape index (κ2) is 4.91. The minimum Gasteiger partial charge on any atom is -0.378 e. The number of rotatable bonds is 3. The molecule has 0 aliphatic carbocycles. The number of H-pyrrole nitrogens is 2. The Morgan fingerprint density at radius 3 is 3.17 bits per heavy atom. The Bertz CT molecular complexity index is 492.